The second-order valence-corrected chi connectivity index (χ2v) is 7.12. The van der Waals surface area contributed by atoms with Gasteiger partial charge < -0.3 is 0 Å². The fraction of sp³-hybridized carbons (Fsp3) is 0.111. The number of amides is 2. The third kappa shape index (κ3) is 3.57. The zero-order valence-electron chi connectivity index (χ0n) is 12.5. The van der Waals surface area contributed by atoms with Crippen LogP contribution in [0.3, 0.4) is 0 Å². The van der Waals surface area contributed by atoms with Crippen molar-refractivity contribution in [1.82, 2.24) is 4.90 Å². The van der Waals surface area contributed by atoms with E-state index in [2.05, 4.69) is 15.9 Å². The van der Waals surface area contributed by atoms with E-state index in [0.717, 1.165) is 32.9 Å². The van der Waals surface area contributed by atoms with Crippen LogP contribution in [0.4, 0.5) is 4.79 Å². The van der Waals surface area contributed by atoms with Gasteiger partial charge in [-0.05, 0) is 42.0 Å². The van der Waals surface area contributed by atoms with Crippen LogP contribution in [-0.2, 0) is 11.3 Å². The Hall–Kier alpha value is -1.85. The van der Waals surface area contributed by atoms with Crippen molar-refractivity contribution < 1.29 is 9.59 Å². The Morgan fingerprint density at radius 1 is 1.09 bits per heavy atom. The molecule has 3 rings (SSSR count). The first-order chi connectivity index (χ1) is 11.0. The van der Waals surface area contributed by atoms with Crippen LogP contribution < -0.4 is 0 Å². The Labute approximate surface area is 147 Å². The van der Waals surface area contributed by atoms with Crippen molar-refractivity contribution in [3.63, 3.8) is 0 Å². The zero-order chi connectivity index (χ0) is 16.4. The SMILES string of the molecule is Cc1ccc(CN2C(=O)SC(=Cc3ccccc3Br)C2=O)cc1. The Morgan fingerprint density at radius 2 is 1.78 bits per heavy atom. The molecule has 0 spiro atoms. The average Bonchev–Trinajstić information content (AvgIpc) is 2.79. The van der Waals surface area contributed by atoms with Gasteiger partial charge in [0, 0.05) is 4.47 Å². The maximum Gasteiger partial charge on any atom is 0.293 e. The number of thioether (sulfide) groups is 1. The lowest BCUT2D eigenvalue weighted by Crippen LogP contribution is -2.27. The smallest absolute Gasteiger partial charge is 0.268 e. The van der Waals surface area contributed by atoms with Crippen LogP contribution in [0.2, 0.25) is 0 Å². The summed E-state index contributed by atoms with van der Waals surface area (Å²) in [7, 11) is 0. The lowest BCUT2D eigenvalue weighted by molar-refractivity contribution is -0.123. The maximum absolute atomic E-state index is 12.5. The van der Waals surface area contributed by atoms with Crippen LogP contribution in [0.15, 0.2) is 57.9 Å². The number of hydrogen-bond donors (Lipinski definition) is 0. The van der Waals surface area contributed by atoms with E-state index < -0.39 is 0 Å². The van der Waals surface area contributed by atoms with E-state index in [0.29, 0.717) is 11.4 Å². The van der Waals surface area contributed by atoms with Gasteiger partial charge in [0.15, 0.2) is 0 Å². The predicted molar refractivity (Wildman–Crippen MR) is 96.8 cm³/mol. The number of carbonyl (C=O) groups excluding carboxylic acids is 2. The van der Waals surface area contributed by atoms with Crippen molar-refractivity contribution in [1.29, 1.82) is 0 Å². The molecule has 1 aliphatic heterocycles. The summed E-state index contributed by atoms with van der Waals surface area (Å²) < 4.78 is 0.894. The molecular weight excluding hydrogens is 374 g/mol. The average molecular weight is 388 g/mol. The third-order valence-corrected chi connectivity index (χ3v) is 5.16. The topological polar surface area (TPSA) is 37.4 Å². The second kappa shape index (κ2) is 6.72. The lowest BCUT2D eigenvalue weighted by Gasteiger charge is -2.12. The van der Waals surface area contributed by atoms with Gasteiger partial charge in [-0.2, -0.15) is 0 Å². The minimum atomic E-state index is -0.240. The number of nitrogens with zero attached hydrogens (tertiary/aromatic N) is 1. The van der Waals surface area contributed by atoms with Crippen LogP contribution in [0.25, 0.3) is 6.08 Å². The first-order valence-electron chi connectivity index (χ1n) is 7.10. The Kier molecular flexibility index (Phi) is 4.68. The van der Waals surface area contributed by atoms with E-state index >= 15 is 0 Å². The molecule has 0 aliphatic carbocycles. The normalized spacial score (nSPS) is 16.4. The predicted octanol–water partition coefficient (Wildman–Crippen LogP) is 4.99. The molecule has 2 aromatic carbocycles. The van der Waals surface area contributed by atoms with Crippen LogP contribution in [-0.4, -0.2) is 16.0 Å². The second-order valence-electron chi connectivity index (χ2n) is 5.27. The van der Waals surface area contributed by atoms with Crippen molar-refractivity contribution in [2.75, 3.05) is 0 Å². The molecule has 0 aromatic heterocycles. The number of imide groups is 1. The highest BCUT2D eigenvalue weighted by atomic mass is 79.9. The van der Waals surface area contributed by atoms with Crippen molar-refractivity contribution in [2.24, 2.45) is 0 Å². The highest BCUT2D eigenvalue weighted by Crippen LogP contribution is 2.34. The Morgan fingerprint density at radius 3 is 2.48 bits per heavy atom. The molecule has 116 valence electrons. The quantitative estimate of drug-likeness (QED) is 0.695. The maximum atomic E-state index is 12.5. The van der Waals surface area contributed by atoms with E-state index in [4.69, 9.17) is 0 Å². The van der Waals surface area contributed by atoms with Gasteiger partial charge in [-0.15, -0.1) is 0 Å². The first kappa shape index (κ1) is 16.0. The Balaban J connectivity index is 1.82. The minimum Gasteiger partial charge on any atom is -0.268 e. The summed E-state index contributed by atoms with van der Waals surface area (Å²) in [5, 5.41) is -0.228. The summed E-state index contributed by atoms with van der Waals surface area (Å²) in [5.74, 6) is -0.240. The van der Waals surface area contributed by atoms with Crippen molar-refractivity contribution >= 4 is 44.9 Å². The molecule has 0 atom stereocenters. The fourth-order valence-electron chi connectivity index (χ4n) is 2.25. The van der Waals surface area contributed by atoms with Gasteiger partial charge in [0.2, 0.25) is 0 Å². The van der Waals surface area contributed by atoms with Crippen LogP contribution in [0, 0.1) is 6.92 Å². The number of aryl methyl sites for hydroxylation is 1. The molecule has 1 heterocycles. The third-order valence-electron chi connectivity index (χ3n) is 3.53. The van der Waals surface area contributed by atoms with Crippen molar-refractivity contribution in [2.45, 2.75) is 13.5 Å². The summed E-state index contributed by atoms with van der Waals surface area (Å²) in [4.78, 5) is 26.4. The van der Waals surface area contributed by atoms with E-state index in [1.165, 1.54) is 4.90 Å². The number of rotatable bonds is 3. The van der Waals surface area contributed by atoms with Crippen LogP contribution in [0.1, 0.15) is 16.7 Å². The fourth-order valence-corrected chi connectivity index (χ4v) is 3.47. The zero-order valence-corrected chi connectivity index (χ0v) is 14.9. The molecule has 3 nitrogen and oxygen atoms in total. The Bertz CT molecular complexity index is 799. The molecule has 5 heteroatoms. The standard InChI is InChI=1S/C18H14BrNO2S/c1-12-6-8-13(9-7-12)11-20-17(21)16(23-18(20)22)10-14-4-2-3-5-15(14)19/h2-10H,11H2,1H3. The largest absolute Gasteiger partial charge is 0.293 e. The summed E-state index contributed by atoms with van der Waals surface area (Å²) in [6, 6.07) is 15.4. The molecule has 2 aromatic rings. The van der Waals surface area contributed by atoms with Crippen LogP contribution in [0.5, 0.6) is 0 Å². The van der Waals surface area contributed by atoms with Crippen LogP contribution >= 0.6 is 27.7 Å². The molecule has 1 saturated heterocycles. The molecule has 0 unspecified atom stereocenters. The molecule has 23 heavy (non-hydrogen) atoms. The molecule has 1 aliphatic rings. The van der Waals surface area contributed by atoms with Gasteiger partial charge in [-0.3, -0.25) is 14.5 Å². The van der Waals surface area contributed by atoms with Gasteiger partial charge in [-0.25, -0.2) is 0 Å². The number of hydrogen-bond acceptors (Lipinski definition) is 3. The molecule has 1 fully saturated rings. The summed E-state index contributed by atoms with van der Waals surface area (Å²) in [5.41, 5.74) is 2.98. The number of benzene rings is 2. The molecule has 0 N–H and O–H groups in total. The number of halogens is 1. The summed E-state index contributed by atoms with van der Waals surface area (Å²) >= 11 is 4.44. The highest BCUT2D eigenvalue weighted by Gasteiger charge is 2.35. The van der Waals surface area contributed by atoms with E-state index in [9.17, 15) is 9.59 Å². The van der Waals surface area contributed by atoms with Gasteiger partial charge in [0.25, 0.3) is 11.1 Å². The van der Waals surface area contributed by atoms with E-state index in [-0.39, 0.29) is 11.1 Å². The van der Waals surface area contributed by atoms with Gasteiger partial charge in [0.05, 0.1) is 11.4 Å². The minimum absolute atomic E-state index is 0.228. The molecule has 0 bridgehead atoms. The molecule has 0 radical (unpaired) electrons. The highest BCUT2D eigenvalue weighted by molar-refractivity contribution is 9.10. The van der Waals surface area contributed by atoms with Crippen molar-refractivity contribution in [3.05, 3.63) is 74.6 Å². The lowest BCUT2D eigenvalue weighted by atomic mass is 10.1. The van der Waals surface area contributed by atoms with E-state index in [1.54, 1.807) is 6.08 Å². The first-order valence-corrected chi connectivity index (χ1v) is 8.71. The number of carbonyl (C=O) groups is 2. The molecular formula is C18H14BrNO2S. The molecule has 0 saturated carbocycles. The van der Waals surface area contributed by atoms with Gasteiger partial charge >= 0.3 is 0 Å². The van der Waals surface area contributed by atoms with Gasteiger partial charge in [-0.1, -0.05) is 64.0 Å². The van der Waals surface area contributed by atoms with Gasteiger partial charge in [0.1, 0.15) is 0 Å². The van der Waals surface area contributed by atoms with Crippen molar-refractivity contribution in [3.8, 4) is 0 Å². The molecule has 2 amide bonds. The summed E-state index contributed by atoms with van der Waals surface area (Å²) in [6.07, 6.45) is 1.75. The summed E-state index contributed by atoms with van der Waals surface area (Å²) in [6.45, 7) is 2.31. The monoisotopic (exact) mass is 387 g/mol. The van der Waals surface area contributed by atoms with E-state index in [1.807, 2.05) is 55.5 Å².